The number of rotatable bonds is 6. The highest BCUT2D eigenvalue weighted by Crippen LogP contribution is 2.41. The van der Waals surface area contributed by atoms with Gasteiger partial charge in [0.05, 0.1) is 5.69 Å². The summed E-state index contributed by atoms with van der Waals surface area (Å²) in [5, 5.41) is 8.37. The molecule has 0 bridgehead atoms. The van der Waals surface area contributed by atoms with Crippen LogP contribution in [-0.4, -0.2) is 9.78 Å². The second kappa shape index (κ2) is 6.02. The molecule has 1 atom stereocenters. The smallest absolute Gasteiger partial charge is 0.0694 e. The standard InChI is InChI=1S/C18H25N3/c1-13(2)17-16(12-21(3)20-17)11-19-18(15-9-10-15)14-7-5-4-6-8-14/h4-8,12-13,15,18-19H,9-11H2,1-3H3. The van der Waals surface area contributed by atoms with Gasteiger partial charge in [-0.3, -0.25) is 4.68 Å². The number of hydrogen-bond acceptors (Lipinski definition) is 2. The summed E-state index contributed by atoms with van der Waals surface area (Å²) in [6, 6.07) is 11.3. The van der Waals surface area contributed by atoms with Crippen LogP contribution in [0.5, 0.6) is 0 Å². The minimum Gasteiger partial charge on any atom is -0.305 e. The molecule has 21 heavy (non-hydrogen) atoms. The van der Waals surface area contributed by atoms with Crippen LogP contribution in [0.3, 0.4) is 0 Å². The Bertz CT molecular complexity index is 582. The molecule has 1 aliphatic carbocycles. The van der Waals surface area contributed by atoms with Gasteiger partial charge in [-0.05, 0) is 30.2 Å². The number of aryl methyl sites for hydroxylation is 1. The van der Waals surface area contributed by atoms with Crippen LogP contribution in [0.25, 0.3) is 0 Å². The molecule has 1 unspecified atom stereocenters. The molecular formula is C18H25N3. The number of nitrogens with zero attached hydrogens (tertiary/aromatic N) is 2. The van der Waals surface area contributed by atoms with Crippen LogP contribution < -0.4 is 5.32 Å². The second-order valence-corrected chi connectivity index (χ2v) is 6.47. The van der Waals surface area contributed by atoms with Gasteiger partial charge in [-0.15, -0.1) is 0 Å². The van der Waals surface area contributed by atoms with Crippen molar-refractivity contribution in [3.63, 3.8) is 0 Å². The van der Waals surface area contributed by atoms with Gasteiger partial charge in [-0.2, -0.15) is 5.10 Å². The van der Waals surface area contributed by atoms with E-state index >= 15 is 0 Å². The molecule has 0 amide bonds. The van der Waals surface area contributed by atoms with E-state index in [1.54, 1.807) is 0 Å². The van der Waals surface area contributed by atoms with Gasteiger partial charge in [0.1, 0.15) is 0 Å². The largest absolute Gasteiger partial charge is 0.305 e. The first-order chi connectivity index (χ1) is 10.1. The Morgan fingerprint density at radius 3 is 2.57 bits per heavy atom. The predicted octanol–water partition coefficient (Wildman–Crippen LogP) is 3.78. The third-order valence-corrected chi connectivity index (χ3v) is 4.25. The van der Waals surface area contributed by atoms with Crippen molar-refractivity contribution in [3.05, 3.63) is 53.3 Å². The van der Waals surface area contributed by atoms with Crippen molar-refractivity contribution in [2.24, 2.45) is 13.0 Å². The molecule has 3 rings (SSSR count). The molecule has 0 radical (unpaired) electrons. The summed E-state index contributed by atoms with van der Waals surface area (Å²) in [5.41, 5.74) is 3.96. The van der Waals surface area contributed by atoms with Crippen LogP contribution in [0, 0.1) is 5.92 Å². The Labute approximate surface area is 127 Å². The number of aromatic nitrogens is 2. The fourth-order valence-corrected chi connectivity index (χ4v) is 3.04. The summed E-state index contributed by atoms with van der Waals surface area (Å²) in [7, 11) is 2.00. The molecule has 1 N–H and O–H groups in total. The first-order valence-corrected chi connectivity index (χ1v) is 7.96. The highest BCUT2D eigenvalue weighted by atomic mass is 15.3. The van der Waals surface area contributed by atoms with E-state index < -0.39 is 0 Å². The summed E-state index contributed by atoms with van der Waals surface area (Å²) >= 11 is 0. The normalized spacial score (nSPS) is 16.4. The predicted molar refractivity (Wildman–Crippen MR) is 86.0 cm³/mol. The van der Waals surface area contributed by atoms with E-state index in [0.29, 0.717) is 12.0 Å². The van der Waals surface area contributed by atoms with E-state index in [0.717, 1.165) is 12.5 Å². The van der Waals surface area contributed by atoms with Crippen LogP contribution in [0.1, 0.15) is 55.5 Å². The van der Waals surface area contributed by atoms with E-state index in [1.165, 1.54) is 29.7 Å². The molecular weight excluding hydrogens is 258 g/mol. The van der Waals surface area contributed by atoms with E-state index in [1.807, 2.05) is 11.7 Å². The molecule has 1 saturated carbocycles. The molecule has 112 valence electrons. The lowest BCUT2D eigenvalue weighted by Gasteiger charge is -2.19. The van der Waals surface area contributed by atoms with Crippen molar-refractivity contribution in [3.8, 4) is 0 Å². The fourth-order valence-electron chi connectivity index (χ4n) is 3.04. The molecule has 1 heterocycles. The summed E-state index contributed by atoms with van der Waals surface area (Å²) in [4.78, 5) is 0. The fraction of sp³-hybridized carbons (Fsp3) is 0.500. The molecule has 2 aromatic rings. The minimum atomic E-state index is 0.471. The Hall–Kier alpha value is -1.61. The third-order valence-electron chi connectivity index (χ3n) is 4.25. The molecule has 1 aliphatic rings. The zero-order valence-electron chi connectivity index (χ0n) is 13.2. The Morgan fingerprint density at radius 1 is 1.24 bits per heavy atom. The van der Waals surface area contributed by atoms with Crippen LogP contribution in [-0.2, 0) is 13.6 Å². The molecule has 1 aromatic carbocycles. The first kappa shape index (κ1) is 14.3. The van der Waals surface area contributed by atoms with Gasteiger partial charge in [-0.25, -0.2) is 0 Å². The molecule has 0 saturated heterocycles. The maximum Gasteiger partial charge on any atom is 0.0694 e. The Kier molecular flexibility index (Phi) is 4.11. The number of hydrogen-bond donors (Lipinski definition) is 1. The quantitative estimate of drug-likeness (QED) is 0.874. The van der Waals surface area contributed by atoms with Crippen LogP contribution in [0.2, 0.25) is 0 Å². The molecule has 3 nitrogen and oxygen atoms in total. The topological polar surface area (TPSA) is 29.9 Å². The van der Waals surface area contributed by atoms with Crippen molar-refractivity contribution in [2.75, 3.05) is 0 Å². The van der Waals surface area contributed by atoms with Gasteiger partial charge in [0.25, 0.3) is 0 Å². The van der Waals surface area contributed by atoms with Gasteiger partial charge in [0, 0.05) is 31.4 Å². The average molecular weight is 283 g/mol. The lowest BCUT2D eigenvalue weighted by Crippen LogP contribution is -2.23. The summed E-state index contributed by atoms with van der Waals surface area (Å²) < 4.78 is 1.93. The highest BCUT2D eigenvalue weighted by Gasteiger charge is 2.32. The molecule has 0 aliphatic heterocycles. The van der Waals surface area contributed by atoms with Crippen LogP contribution in [0.15, 0.2) is 36.5 Å². The first-order valence-electron chi connectivity index (χ1n) is 7.96. The molecule has 1 fully saturated rings. The number of nitrogens with one attached hydrogen (secondary N) is 1. The van der Waals surface area contributed by atoms with Crippen molar-refractivity contribution in [1.29, 1.82) is 0 Å². The molecule has 1 aromatic heterocycles. The van der Waals surface area contributed by atoms with Gasteiger partial charge in [-0.1, -0.05) is 44.2 Å². The van der Waals surface area contributed by atoms with E-state index in [9.17, 15) is 0 Å². The Morgan fingerprint density at radius 2 is 1.95 bits per heavy atom. The van der Waals surface area contributed by atoms with Gasteiger partial charge >= 0.3 is 0 Å². The van der Waals surface area contributed by atoms with Gasteiger partial charge in [0.15, 0.2) is 0 Å². The molecule has 3 heteroatoms. The maximum absolute atomic E-state index is 4.60. The maximum atomic E-state index is 4.60. The Balaban J connectivity index is 1.73. The third kappa shape index (κ3) is 3.35. The van der Waals surface area contributed by atoms with Crippen molar-refractivity contribution >= 4 is 0 Å². The summed E-state index contributed by atoms with van der Waals surface area (Å²) in [5.74, 6) is 1.27. The number of benzene rings is 1. The zero-order chi connectivity index (χ0) is 14.8. The van der Waals surface area contributed by atoms with Gasteiger partial charge in [0.2, 0.25) is 0 Å². The highest BCUT2D eigenvalue weighted by molar-refractivity contribution is 5.23. The van der Waals surface area contributed by atoms with Crippen molar-refractivity contribution < 1.29 is 0 Å². The minimum absolute atomic E-state index is 0.471. The van der Waals surface area contributed by atoms with Gasteiger partial charge < -0.3 is 5.32 Å². The summed E-state index contributed by atoms with van der Waals surface area (Å²) in [6.07, 6.45) is 4.84. The van der Waals surface area contributed by atoms with Crippen molar-refractivity contribution in [2.45, 2.75) is 45.2 Å². The average Bonchev–Trinajstić information content (AvgIpc) is 3.23. The monoisotopic (exact) mass is 283 g/mol. The second-order valence-electron chi connectivity index (χ2n) is 6.47. The summed E-state index contributed by atoms with van der Waals surface area (Å²) in [6.45, 7) is 5.32. The van der Waals surface area contributed by atoms with Crippen molar-refractivity contribution in [1.82, 2.24) is 15.1 Å². The SMILES string of the molecule is CC(C)c1nn(C)cc1CNC(c1ccccc1)C1CC1. The lowest BCUT2D eigenvalue weighted by molar-refractivity contribution is 0.478. The molecule has 0 spiro atoms. The van der Waals surface area contributed by atoms with E-state index in [-0.39, 0.29) is 0 Å². The van der Waals surface area contributed by atoms with Crippen LogP contribution in [0.4, 0.5) is 0 Å². The van der Waals surface area contributed by atoms with E-state index in [4.69, 9.17) is 0 Å². The van der Waals surface area contributed by atoms with E-state index in [2.05, 4.69) is 60.8 Å². The van der Waals surface area contributed by atoms with Crippen LogP contribution >= 0.6 is 0 Å². The zero-order valence-corrected chi connectivity index (χ0v) is 13.2. The lowest BCUT2D eigenvalue weighted by atomic mass is 10.0.